The number of hydrogen-bond acceptors (Lipinski definition) is 3. The minimum atomic E-state index is -0.315. The zero-order chi connectivity index (χ0) is 14.5. The lowest BCUT2D eigenvalue weighted by atomic mass is 9.93. The Bertz CT molecular complexity index is 327. The van der Waals surface area contributed by atoms with E-state index in [1.165, 1.54) is 0 Å². The van der Waals surface area contributed by atoms with Crippen LogP contribution >= 0.6 is 0 Å². The molecule has 0 aromatic heterocycles. The van der Waals surface area contributed by atoms with Gasteiger partial charge in [0.2, 0.25) is 11.8 Å². The molecule has 0 spiro atoms. The Morgan fingerprint density at radius 2 is 2.00 bits per heavy atom. The molecule has 1 atom stereocenters. The molecule has 1 saturated heterocycles. The Kier molecular flexibility index (Phi) is 5.79. The maximum absolute atomic E-state index is 12.1. The van der Waals surface area contributed by atoms with E-state index < -0.39 is 0 Å². The lowest BCUT2D eigenvalue weighted by molar-refractivity contribution is -0.134. The van der Waals surface area contributed by atoms with Crippen molar-refractivity contribution in [3.63, 3.8) is 0 Å². The largest absolute Gasteiger partial charge is 0.354 e. The lowest BCUT2D eigenvalue weighted by Crippen LogP contribution is -2.52. The molecule has 1 aliphatic rings. The highest BCUT2D eigenvalue weighted by Crippen LogP contribution is 2.17. The van der Waals surface area contributed by atoms with E-state index in [1.54, 1.807) is 11.8 Å². The molecule has 0 aliphatic carbocycles. The maximum Gasteiger partial charge on any atom is 0.224 e. The Morgan fingerprint density at radius 1 is 1.37 bits per heavy atom. The fourth-order valence-electron chi connectivity index (χ4n) is 2.38. The molecule has 2 amide bonds. The predicted molar refractivity (Wildman–Crippen MR) is 75.5 cm³/mol. The van der Waals surface area contributed by atoms with Gasteiger partial charge in [0.1, 0.15) is 0 Å². The topological polar surface area (TPSA) is 75.4 Å². The van der Waals surface area contributed by atoms with Gasteiger partial charge in [-0.25, -0.2) is 0 Å². The first-order chi connectivity index (χ1) is 8.91. The van der Waals surface area contributed by atoms with E-state index in [4.69, 9.17) is 5.73 Å². The van der Waals surface area contributed by atoms with Gasteiger partial charge in [-0.15, -0.1) is 0 Å². The molecule has 0 saturated carbocycles. The molecule has 5 heteroatoms. The summed E-state index contributed by atoms with van der Waals surface area (Å²) in [4.78, 5) is 25.2. The standard InChI is InChI=1S/C14H27N3O2/c1-4-14(15,5-2)10-16-13(19)12-7-6-8-17(9-12)11(3)18/h12H,4-10,15H2,1-3H3,(H,16,19). The molecule has 1 unspecified atom stereocenters. The SMILES string of the molecule is CCC(N)(CC)CNC(=O)C1CCCN(C(C)=O)C1. The number of carbonyl (C=O) groups is 2. The second-order valence-electron chi connectivity index (χ2n) is 5.59. The quantitative estimate of drug-likeness (QED) is 0.778. The molecule has 0 aromatic carbocycles. The van der Waals surface area contributed by atoms with Crippen LogP contribution < -0.4 is 11.1 Å². The summed E-state index contributed by atoms with van der Waals surface area (Å²) in [6.45, 7) is 7.44. The van der Waals surface area contributed by atoms with Crippen molar-refractivity contribution in [3.8, 4) is 0 Å². The van der Waals surface area contributed by atoms with E-state index in [0.29, 0.717) is 13.1 Å². The number of nitrogens with two attached hydrogens (primary N) is 1. The van der Waals surface area contributed by atoms with E-state index in [1.807, 2.05) is 13.8 Å². The van der Waals surface area contributed by atoms with Crippen LogP contribution in [0.1, 0.15) is 46.5 Å². The predicted octanol–water partition coefficient (Wildman–Crippen LogP) is 0.879. The number of carbonyl (C=O) groups excluding carboxylic acids is 2. The van der Waals surface area contributed by atoms with Gasteiger partial charge < -0.3 is 16.0 Å². The van der Waals surface area contributed by atoms with Crippen molar-refractivity contribution in [2.24, 2.45) is 11.7 Å². The summed E-state index contributed by atoms with van der Waals surface area (Å²) in [5, 5.41) is 2.95. The minimum absolute atomic E-state index is 0.0303. The molecular weight excluding hydrogens is 242 g/mol. The van der Waals surface area contributed by atoms with Crippen molar-refractivity contribution in [1.29, 1.82) is 0 Å². The zero-order valence-corrected chi connectivity index (χ0v) is 12.4. The molecule has 1 heterocycles. The van der Waals surface area contributed by atoms with Gasteiger partial charge in [0, 0.05) is 32.1 Å². The molecule has 1 fully saturated rings. The first-order valence-electron chi connectivity index (χ1n) is 7.24. The van der Waals surface area contributed by atoms with Crippen LogP contribution in [0.3, 0.4) is 0 Å². The summed E-state index contributed by atoms with van der Waals surface area (Å²) in [7, 11) is 0. The third kappa shape index (κ3) is 4.49. The highest BCUT2D eigenvalue weighted by atomic mass is 16.2. The van der Waals surface area contributed by atoms with Crippen LogP contribution in [0, 0.1) is 5.92 Å². The van der Waals surface area contributed by atoms with Crippen molar-refractivity contribution in [3.05, 3.63) is 0 Å². The van der Waals surface area contributed by atoms with E-state index in [2.05, 4.69) is 5.32 Å². The molecule has 3 N–H and O–H groups in total. The normalized spacial score (nSPS) is 20.2. The highest BCUT2D eigenvalue weighted by Gasteiger charge is 2.28. The van der Waals surface area contributed by atoms with Gasteiger partial charge in [0.05, 0.1) is 5.92 Å². The summed E-state index contributed by atoms with van der Waals surface area (Å²) < 4.78 is 0. The van der Waals surface area contributed by atoms with Crippen LogP contribution in [0.5, 0.6) is 0 Å². The Hall–Kier alpha value is -1.10. The van der Waals surface area contributed by atoms with Crippen LogP contribution in [-0.2, 0) is 9.59 Å². The molecule has 5 nitrogen and oxygen atoms in total. The van der Waals surface area contributed by atoms with Crippen molar-refractivity contribution in [1.82, 2.24) is 10.2 Å². The molecule has 0 radical (unpaired) electrons. The third-order valence-corrected chi connectivity index (χ3v) is 4.26. The Morgan fingerprint density at radius 3 is 2.53 bits per heavy atom. The molecule has 1 rings (SSSR count). The maximum atomic E-state index is 12.1. The monoisotopic (exact) mass is 269 g/mol. The number of piperidine rings is 1. The number of likely N-dealkylation sites (tertiary alicyclic amines) is 1. The summed E-state index contributed by atoms with van der Waals surface area (Å²) in [5.74, 6) is -0.00826. The fraction of sp³-hybridized carbons (Fsp3) is 0.857. The Labute approximate surface area is 115 Å². The van der Waals surface area contributed by atoms with Crippen molar-refractivity contribution < 1.29 is 9.59 Å². The second kappa shape index (κ2) is 6.89. The average molecular weight is 269 g/mol. The lowest BCUT2D eigenvalue weighted by Gasteiger charge is -2.33. The van der Waals surface area contributed by atoms with Crippen molar-refractivity contribution >= 4 is 11.8 Å². The summed E-state index contributed by atoms with van der Waals surface area (Å²) >= 11 is 0. The summed E-state index contributed by atoms with van der Waals surface area (Å²) in [6, 6.07) is 0. The first kappa shape index (κ1) is 16.0. The van der Waals surface area contributed by atoms with Gasteiger partial charge in [-0.2, -0.15) is 0 Å². The summed E-state index contributed by atoms with van der Waals surface area (Å²) in [6.07, 6.45) is 3.43. The number of hydrogen-bond donors (Lipinski definition) is 2. The van der Waals surface area contributed by atoms with Crippen LogP contribution in [0.25, 0.3) is 0 Å². The molecule has 0 bridgehead atoms. The molecular formula is C14H27N3O2. The van der Waals surface area contributed by atoms with E-state index in [0.717, 1.165) is 32.2 Å². The number of nitrogens with one attached hydrogen (secondary N) is 1. The van der Waals surface area contributed by atoms with Crippen LogP contribution in [-0.4, -0.2) is 41.9 Å². The number of rotatable bonds is 5. The zero-order valence-electron chi connectivity index (χ0n) is 12.4. The minimum Gasteiger partial charge on any atom is -0.354 e. The number of nitrogens with zero attached hydrogens (tertiary/aromatic N) is 1. The molecule has 1 aliphatic heterocycles. The van der Waals surface area contributed by atoms with Crippen LogP contribution in [0.15, 0.2) is 0 Å². The summed E-state index contributed by atoms with van der Waals surface area (Å²) in [5.41, 5.74) is 5.86. The van der Waals surface area contributed by atoms with E-state index >= 15 is 0 Å². The van der Waals surface area contributed by atoms with E-state index in [9.17, 15) is 9.59 Å². The first-order valence-corrected chi connectivity index (χ1v) is 7.24. The fourth-order valence-corrected chi connectivity index (χ4v) is 2.38. The smallest absolute Gasteiger partial charge is 0.224 e. The highest BCUT2D eigenvalue weighted by molar-refractivity contribution is 5.80. The third-order valence-electron chi connectivity index (χ3n) is 4.26. The second-order valence-corrected chi connectivity index (χ2v) is 5.59. The van der Waals surface area contributed by atoms with Crippen LogP contribution in [0.4, 0.5) is 0 Å². The van der Waals surface area contributed by atoms with Gasteiger partial charge in [0.15, 0.2) is 0 Å². The van der Waals surface area contributed by atoms with Gasteiger partial charge >= 0.3 is 0 Å². The molecule has 110 valence electrons. The van der Waals surface area contributed by atoms with Gasteiger partial charge in [-0.05, 0) is 25.7 Å². The van der Waals surface area contributed by atoms with Gasteiger partial charge in [-0.1, -0.05) is 13.8 Å². The average Bonchev–Trinajstić information content (AvgIpc) is 2.44. The Balaban J connectivity index is 2.47. The molecule has 0 aromatic rings. The van der Waals surface area contributed by atoms with Gasteiger partial charge in [0.25, 0.3) is 0 Å². The van der Waals surface area contributed by atoms with Crippen molar-refractivity contribution in [2.45, 2.75) is 52.0 Å². The van der Waals surface area contributed by atoms with Gasteiger partial charge in [-0.3, -0.25) is 9.59 Å². The van der Waals surface area contributed by atoms with E-state index in [-0.39, 0.29) is 23.3 Å². The number of amides is 2. The van der Waals surface area contributed by atoms with Crippen molar-refractivity contribution in [2.75, 3.05) is 19.6 Å². The molecule has 19 heavy (non-hydrogen) atoms. The van der Waals surface area contributed by atoms with Crippen LogP contribution in [0.2, 0.25) is 0 Å².